The Morgan fingerprint density at radius 2 is 2.06 bits per heavy atom. The van der Waals surface area contributed by atoms with Crippen molar-refractivity contribution in [1.29, 1.82) is 0 Å². The molecule has 1 amide bonds. The van der Waals surface area contributed by atoms with Crippen molar-refractivity contribution in [3.05, 3.63) is 40.7 Å². The minimum Gasteiger partial charge on any atom is -0.361 e. The van der Waals surface area contributed by atoms with Gasteiger partial charge in [0.05, 0.1) is 12.1 Å². The van der Waals surface area contributed by atoms with Crippen LogP contribution in [0.2, 0.25) is 0 Å². The number of aromatic nitrogens is 1. The molecule has 0 radical (unpaired) electrons. The van der Waals surface area contributed by atoms with Crippen molar-refractivity contribution in [2.45, 2.75) is 0 Å². The zero-order chi connectivity index (χ0) is 12.5. The number of nitrogens with zero attached hydrogens (tertiary/aromatic N) is 1. The van der Waals surface area contributed by atoms with Crippen LogP contribution in [0.5, 0.6) is 0 Å². The highest BCUT2D eigenvalue weighted by atomic mass is 16.2. The van der Waals surface area contributed by atoms with Crippen molar-refractivity contribution in [3.8, 4) is 0 Å². The average Bonchev–Trinajstić information content (AvgIpc) is 2.39. The summed E-state index contributed by atoms with van der Waals surface area (Å²) in [7, 11) is 0. The summed E-state index contributed by atoms with van der Waals surface area (Å²) >= 11 is 0. The molecular weight excluding hydrogens is 230 g/mol. The first-order valence-corrected chi connectivity index (χ1v) is 5.88. The van der Waals surface area contributed by atoms with Gasteiger partial charge < -0.3 is 15.2 Å². The van der Waals surface area contributed by atoms with E-state index in [1.165, 1.54) is 6.07 Å². The molecule has 18 heavy (non-hydrogen) atoms. The summed E-state index contributed by atoms with van der Waals surface area (Å²) in [6.07, 6.45) is 1.62. The number of fused-ring (bicyclic) bond motifs is 1. The number of carbonyl (C=O) groups excluding carboxylic acids is 1. The minimum atomic E-state index is -0.0121. The molecule has 0 atom stereocenters. The molecule has 5 nitrogen and oxygen atoms in total. The van der Waals surface area contributed by atoms with E-state index in [0.29, 0.717) is 18.5 Å². The minimum absolute atomic E-state index is 0.0121. The second kappa shape index (κ2) is 4.27. The van der Waals surface area contributed by atoms with Gasteiger partial charge in [0.25, 0.3) is 0 Å². The zero-order valence-corrected chi connectivity index (χ0v) is 9.77. The van der Waals surface area contributed by atoms with Crippen molar-refractivity contribution < 1.29 is 4.79 Å². The van der Waals surface area contributed by atoms with Crippen LogP contribution < -0.4 is 15.6 Å². The molecule has 0 bridgehead atoms. The lowest BCUT2D eigenvalue weighted by Crippen LogP contribution is -2.48. The summed E-state index contributed by atoms with van der Waals surface area (Å²) in [5, 5.41) is 3.67. The predicted octanol–water partition coefficient (Wildman–Crippen LogP) is 0.464. The lowest BCUT2D eigenvalue weighted by molar-refractivity contribution is -0.118. The van der Waals surface area contributed by atoms with E-state index >= 15 is 0 Å². The molecule has 1 aliphatic heterocycles. The van der Waals surface area contributed by atoms with E-state index in [9.17, 15) is 9.59 Å². The van der Waals surface area contributed by atoms with Crippen LogP contribution >= 0.6 is 0 Å². The molecule has 1 aromatic carbocycles. The molecule has 3 rings (SSSR count). The van der Waals surface area contributed by atoms with E-state index < -0.39 is 0 Å². The Balaban J connectivity index is 2.08. The molecule has 1 aromatic heterocycles. The van der Waals surface area contributed by atoms with E-state index in [0.717, 1.165) is 17.7 Å². The van der Waals surface area contributed by atoms with Gasteiger partial charge in [-0.3, -0.25) is 9.59 Å². The number of H-pyrrole nitrogens is 1. The van der Waals surface area contributed by atoms with Crippen LogP contribution in [0.15, 0.2) is 35.3 Å². The first kappa shape index (κ1) is 11.0. The van der Waals surface area contributed by atoms with E-state index in [-0.39, 0.29) is 11.3 Å². The third-order valence-electron chi connectivity index (χ3n) is 3.14. The molecule has 0 unspecified atom stereocenters. The maximum absolute atomic E-state index is 11.8. The Labute approximate surface area is 103 Å². The number of pyridine rings is 1. The van der Waals surface area contributed by atoms with E-state index in [1.54, 1.807) is 17.2 Å². The summed E-state index contributed by atoms with van der Waals surface area (Å²) in [5.74, 6) is 0.0545. The number of hydrogen-bond acceptors (Lipinski definition) is 3. The van der Waals surface area contributed by atoms with Gasteiger partial charge in [-0.2, -0.15) is 0 Å². The molecule has 0 saturated carbocycles. The topological polar surface area (TPSA) is 65.2 Å². The Hall–Kier alpha value is -2.14. The van der Waals surface area contributed by atoms with E-state index in [1.807, 2.05) is 12.1 Å². The van der Waals surface area contributed by atoms with Crippen LogP contribution in [-0.2, 0) is 4.79 Å². The van der Waals surface area contributed by atoms with Gasteiger partial charge in [0.2, 0.25) is 5.91 Å². The lowest BCUT2D eigenvalue weighted by Gasteiger charge is -2.27. The first-order chi connectivity index (χ1) is 8.75. The van der Waals surface area contributed by atoms with Crippen LogP contribution in [0.1, 0.15) is 0 Å². The highest BCUT2D eigenvalue weighted by molar-refractivity contribution is 5.97. The fourth-order valence-electron chi connectivity index (χ4n) is 2.21. The fraction of sp³-hybridized carbons (Fsp3) is 0.231. The Bertz CT molecular complexity index is 663. The third kappa shape index (κ3) is 1.78. The molecule has 5 heteroatoms. The predicted molar refractivity (Wildman–Crippen MR) is 69.8 cm³/mol. The van der Waals surface area contributed by atoms with Crippen LogP contribution in [0.3, 0.4) is 0 Å². The van der Waals surface area contributed by atoms with Crippen molar-refractivity contribution in [2.75, 3.05) is 24.5 Å². The molecular formula is C13H13N3O2. The van der Waals surface area contributed by atoms with E-state index in [2.05, 4.69) is 10.3 Å². The molecule has 1 fully saturated rings. The monoisotopic (exact) mass is 243 g/mol. The van der Waals surface area contributed by atoms with Gasteiger partial charge in [-0.15, -0.1) is 0 Å². The van der Waals surface area contributed by atoms with Crippen LogP contribution in [0, 0.1) is 0 Å². The van der Waals surface area contributed by atoms with Gasteiger partial charge in [0.1, 0.15) is 0 Å². The number of anilines is 1. The normalized spacial score (nSPS) is 16.2. The van der Waals surface area contributed by atoms with Crippen molar-refractivity contribution in [2.24, 2.45) is 0 Å². The number of rotatable bonds is 1. The molecule has 1 aliphatic rings. The highest BCUT2D eigenvalue weighted by Gasteiger charge is 2.19. The Morgan fingerprint density at radius 3 is 2.89 bits per heavy atom. The molecule has 0 aliphatic carbocycles. The number of aromatic amines is 1. The second-order valence-electron chi connectivity index (χ2n) is 4.29. The Morgan fingerprint density at radius 1 is 1.17 bits per heavy atom. The molecule has 0 spiro atoms. The second-order valence-corrected chi connectivity index (χ2v) is 4.29. The summed E-state index contributed by atoms with van der Waals surface area (Å²) < 4.78 is 0. The van der Waals surface area contributed by atoms with Gasteiger partial charge in [0, 0.05) is 36.4 Å². The van der Waals surface area contributed by atoms with Gasteiger partial charge in [-0.1, -0.05) is 0 Å². The smallest absolute Gasteiger partial charge is 0.240 e. The van der Waals surface area contributed by atoms with E-state index in [4.69, 9.17) is 0 Å². The number of benzene rings is 1. The number of carbonyl (C=O) groups is 1. The van der Waals surface area contributed by atoms with Gasteiger partial charge >= 0.3 is 0 Å². The van der Waals surface area contributed by atoms with Crippen molar-refractivity contribution in [1.82, 2.24) is 10.3 Å². The maximum Gasteiger partial charge on any atom is 0.240 e. The van der Waals surface area contributed by atoms with Crippen LogP contribution in [0.25, 0.3) is 10.9 Å². The Kier molecular flexibility index (Phi) is 2.60. The molecule has 92 valence electrons. The third-order valence-corrected chi connectivity index (χ3v) is 3.14. The summed E-state index contributed by atoms with van der Waals surface area (Å²) in [5.41, 5.74) is 1.57. The average molecular weight is 243 g/mol. The van der Waals surface area contributed by atoms with Crippen LogP contribution in [0.4, 0.5) is 5.69 Å². The summed E-state index contributed by atoms with van der Waals surface area (Å²) in [6, 6.07) is 6.93. The SMILES string of the molecule is O=C1CNCCN1c1ccc2c(=O)cc[nH]c2c1. The zero-order valence-electron chi connectivity index (χ0n) is 9.77. The standard InChI is InChI=1S/C13H13N3O2/c17-12-3-4-15-11-7-9(1-2-10(11)12)16-6-5-14-8-13(16)18/h1-4,7,14H,5-6,8H2,(H,15,17). The van der Waals surface area contributed by atoms with Crippen molar-refractivity contribution >= 4 is 22.5 Å². The number of piperazine rings is 1. The number of nitrogens with one attached hydrogen (secondary N) is 2. The highest BCUT2D eigenvalue weighted by Crippen LogP contribution is 2.19. The van der Waals surface area contributed by atoms with Gasteiger partial charge in [0.15, 0.2) is 5.43 Å². The lowest BCUT2D eigenvalue weighted by atomic mass is 10.1. The summed E-state index contributed by atoms with van der Waals surface area (Å²) in [4.78, 5) is 28.2. The molecule has 2 heterocycles. The van der Waals surface area contributed by atoms with Gasteiger partial charge in [-0.25, -0.2) is 0 Å². The maximum atomic E-state index is 11.8. The quantitative estimate of drug-likeness (QED) is 0.765. The van der Waals surface area contributed by atoms with Crippen LogP contribution in [-0.4, -0.2) is 30.5 Å². The molecule has 2 N–H and O–H groups in total. The summed E-state index contributed by atoms with van der Waals surface area (Å²) in [6.45, 7) is 1.81. The molecule has 1 saturated heterocycles. The van der Waals surface area contributed by atoms with Gasteiger partial charge in [-0.05, 0) is 18.2 Å². The molecule has 2 aromatic rings. The first-order valence-electron chi connectivity index (χ1n) is 5.88. The largest absolute Gasteiger partial charge is 0.361 e. The number of amides is 1. The number of hydrogen-bond donors (Lipinski definition) is 2. The fourth-order valence-corrected chi connectivity index (χ4v) is 2.21. The van der Waals surface area contributed by atoms with Crippen molar-refractivity contribution in [3.63, 3.8) is 0 Å².